The van der Waals surface area contributed by atoms with E-state index in [4.69, 9.17) is 4.52 Å². The monoisotopic (exact) mass is 351 g/mol. The summed E-state index contributed by atoms with van der Waals surface area (Å²) in [5.41, 5.74) is 6.80. The van der Waals surface area contributed by atoms with E-state index in [9.17, 15) is 4.79 Å². The summed E-state index contributed by atoms with van der Waals surface area (Å²) in [5.74, 6) is 0.755. The molecule has 0 saturated carbocycles. The van der Waals surface area contributed by atoms with Crippen molar-refractivity contribution in [1.29, 1.82) is 0 Å². The largest absolute Gasteiger partial charge is 0.361 e. The summed E-state index contributed by atoms with van der Waals surface area (Å²) in [6.45, 7) is 10.4. The summed E-state index contributed by atoms with van der Waals surface area (Å²) in [4.78, 5) is 14.8. The molecule has 0 N–H and O–H groups in total. The molecule has 5 heteroatoms. The standard InChI is InChI=1S/C21H25N3O2/c1-13-9-7-8-10-20(13)24-14(2)11-18(16(24)4)21(25)23(6)12-19-15(3)22-26-17(19)5/h7-11H,12H2,1-6H3. The van der Waals surface area contributed by atoms with Crippen molar-refractivity contribution in [3.05, 3.63) is 69.9 Å². The molecule has 0 atom stereocenters. The first-order chi connectivity index (χ1) is 12.3. The number of amides is 1. The van der Waals surface area contributed by atoms with Crippen molar-refractivity contribution in [2.75, 3.05) is 7.05 Å². The molecule has 0 spiro atoms. The average molecular weight is 351 g/mol. The van der Waals surface area contributed by atoms with Gasteiger partial charge in [0.15, 0.2) is 0 Å². The highest BCUT2D eigenvalue weighted by Crippen LogP contribution is 2.25. The molecule has 136 valence electrons. The van der Waals surface area contributed by atoms with E-state index in [2.05, 4.69) is 28.8 Å². The number of rotatable bonds is 4. The Kier molecular flexibility index (Phi) is 4.72. The number of aromatic nitrogens is 2. The number of aryl methyl sites for hydroxylation is 4. The lowest BCUT2D eigenvalue weighted by molar-refractivity contribution is 0.0784. The van der Waals surface area contributed by atoms with Crippen molar-refractivity contribution >= 4 is 5.91 Å². The van der Waals surface area contributed by atoms with E-state index in [1.165, 1.54) is 5.56 Å². The highest BCUT2D eigenvalue weighted by Gasteiger charge is 2.22. The van der Waals surface area contributed by atoms with Gasteiger partial charge in [-0.05, 0) is 52.3 Å². The molecule has 3 aromatic rings. The van der Waals surface area contributed by atoms with Gasteiger partial charge in [0.1, 0.15) is 5.76 Å². The van der Waals surface area contributed by atoms with E-state index in [0.29, 0.717) is 6.54 Å². The first kappa shape index (κ1) is 18.0. The molecule has 1 amide bonds. The zero-order valence-corrected chi connectivity index (χ0v) is 16.3. The maximum Gasteiger partial charge on any atom is 0.255 e. The minimum Gasteiger partial charge on any atom is -0.361 e. The Labute approximate surface area is 154 Å². The lowest BCUT2D eigenvalue weighted by Gasteiger charge is -2.18. The van der Waals surface area contributed by atoms with Crippen molar-refractivity contribution in [2.24, 2.45) is 0 Å². The van der Waals surface area contributed by atoms with Gasteiger partial charge in [0, 0.05) is 29.7 Å². The van der Waals surface area contributed by atoms with Crippen LogP contribution in [0.3, 0.4) is 0 Å². The third-order valence-corrected chi connectivity index (χ3v) is 4.94. The van der Waals surface area contributed by atoms with Crippen molar-refractivity contribution < 1.29 is 9.32 Å². The molecule has 0 radical (unpaired) electrons. The third-order valence-electron chi connectivity index (χ3n) is 4.94. The van der Waals surface area contributed by atoms with Crippen LogP contribution in [0.5, 0.6) is 0 Å². The molecule has 0 unspecified atom stereocenters. The predicted molar refractivity (Wildman–Crippen MR) is 102 cm³/mol. The fraction of sp³-hybridized carbons (Fsp3) is 0.333. The summed E-state index contributed by atoms with van der Waals surface area (Å²) >= 11 is 0. The number of carbonyl (C=O) groups is 1. The van der Waals surface area contributed by atoms with Gasteiger partial charge in [-0.1, -0.05) is 23.4 Å². The van der Waals surface area contributed by atoms with Crippen LogP contribution in [-0.4, -0.2) is 27.6 Å². The van der Waals surface area contributed by atoms with Gasteiger partial charge in [-0.25, -0.2) is 0 Å². The van der Waals surface area contributed by atoms with Crippen LogP contribution in [0.4, 0.5) is 0 Å². The highest BCUT2D eigenvalue weighted by molar-refractivity contribution is 5.95. The van der Waals surface area contributed by atoms with E-state index in [0.717, 1.165) is 39.7 Å². The van der Waals surface area contributed by atoms with Gasteiger partial charge >= 0.3 is 0 Å². The van der Waals surface area contributed by atoms with Crippen LogP contribution in [0.15, 0.2) is 34.9 Å². The molecule has 2 aromatic heterocycles. The maximum absolute atomic E-state index is 13.1. The lowest BCUT2D eigenvalue weighted by Crippen LogP contribution is -2.27. The number of nitrogens with zero attached hydrogens (tertiary/aromatic N) is 3. The molecule has 0 aliphatic heterocycles. The molecular weight excluding hydrogens is 326 g/mol. The molecule has 0 saturated heterocycles. The molecule has 1 aromatic carbocycles. The van der Waals surface area contributed by atoms with Crippen LogP contribution in [0.1, 0.15) is 44.3 Å². The van der Waals surface area contributed by atoms with Crippen molar-refractivity contribution in [2.45, 2.75) is 41.2 Å². The summed E-state index contributed by atoms with van der Waals surface area (Å²) in [5, 5.41) is 3.97. The van der Waals surface area contributed by atoms with Crippen molar-refractivity contribution in [3.8, 4) is 5.69 Å². The molecule has 2 heterocycles. The van der Waals surface area contributed by atoms with Gasteiger partial charge in [0.25, 0.3) is 5.91 Å². The molecule has 0 aliphatic rings. The van der Waals surface area contributed by atoms with Gasteiger partial charge in [0.05, 0.1) is 17.8 Å². The Morgan fingerprint density at radius 1 is 1.15 bits per heavy atom. The molecule has 3 rings (SSSR count). The van der Waals surface area contributed by atoms with Gasteiger partial charge in [-0.2, -0.15) is 0 Å². The number of hydrogen-bond donors (Lipinski definition) is 0. The topological polar surface area (TPSA) is 51.3 Å². The zero-order valence-electron chi connectivity index (χ0n) is 16.3. The summed E-state index contributed by atoms with van der Waals surface area (Å²) in [7, 11) is 1.81. The fourth-order valence-electron chi connectivity index (χ4n) is 3.41. The fourth-order valence-corrected chi connectivity index (χ4v) is 3.41. The van der Waals surface area contributed by atoms with Gasteiger partial charge in [-0.3, -0.25) is 4.79 Å². The minimum absolute atomic E-state index is 0.00191. The van der Waals surface area contributed by atoms with E-state index >= 15 is 0 Å². The normalized spacial score (nSPS) is 11.0. The summed E-state index contributed by atoms with van der Waals surface area (Å²) < 4.78 is 7.35. The van der Waals surface area contributed by atoms with Gasteiger partial charge in [0.2, 0.25) is 0 Å². The number of hydrogen-bond acceptors (Lipinski definition) is 3. The molecule has 26 heavy (non-hydrogen) atoms. The summed E-state index contributed by atoms with van der Waals surface area (Å²) in [6.07, 6.45) is 0. The minimum atomic E-state index is -0.00191. The number of para-hydroxylation sites is 1. The number of benzene rings is 1. The van der Waals surface area contributed by atoms with Gasteiger partial charge in [-0.15, -0.1) is 0 Å². The van der Waals surface area contributed by atoms with Crippen LogP contribution in [0.25, 0.3) is 5.69 Å². The molecule has 5 nitrogen and oxygen atoms in total. The first-order valence-corrected chi connectivity index (χ1v) is 8.73. The van der Waals surface area contributed by atoms with Crippen molar-refractivity contribution in [1.82, 2.24) is 14.6 Å². The van der Waals surface area contributed by atoms with E-state index in [-0.39, 0.29) is 5.91 Å². The highest BCUT2D eigenvalue weighted by atomic mass is 16.5. The Morgan fingerprint density at radius 3 is 2.46 bits per heavy atom. The second kappa shape index (κ2) is 6.83. The predicted octanol–water partition coefficient (Wildman–Crippen LogP) is 4.28. The molecule has 0 fully saturated rings. The smallest absolute Gasteiger partial charge is 0.255 e. The van der Waals surface area contributed by atoms with Crippen LogP contribution in [0, 0.1) is 34.6 Å². The van der Waals surface area contributed by atoms with Crippen molar-refractivity contribution in [3.63, 3.8) is 0 Å². The molecule has 0 bridgehead atoms. The molecule has 0 aliphatic carbocycles. The Bertz CT molecular complexity index is 946. The Balaban J connectivity index is 1.94. The molecular formula is C21H25N3O2. The van der Waals surface area contributed by atoms with E-state index < -0.39 is 0 Å². The number of carbonyl (C=O) groups excluding carboxylic acids is 1. The second-order valence-corrected chi connectivity index (χ2v) is 6.87. The van der Waals surface area contributed by atoms with Gasteiger partial charge < -0.3 is 14.0 Å². The second-order valence-electron chi connectivity index (χ2n) is 6.87. The first-order valence-electron chi connectivity index (χ1n) is 8.73. The van der Waals surface area contributed by atoms with Crippen LogP contribution in [-0.2, 0) is 6.54 Å². The SMILES string of the molecule is Cc1ccccc1-n1c(C)cc(C(=O)N(C)Cc2c(C)noc2C)c1C. The lowest BCUT2D eigenvalue weighted by atomic mass is 10.1. The van der Waals surface area contributed by atoms with Crippen LogP contribution < -0.4 is 0 Å². The third kappa shape index (κ3) is 3.05. The van der Waals surface area contributed by atoms with Crippen LogP contribution >= 0.6 is 0 Å². The average Bonchev–Trinajstić information content (AvgIpc) is 3.08. The maximum atomic E-state index is 13.1. The zero-order chi connectivity index (χ0) is 19.0. The quantitative estimate of drug-likeness (QED) is 0.705. The van der Waals surface area contributed by atoms with E-state index in [1.54, 1.807) is 4.90 Å². The Morgan fingerprint density at radius 2 is 1.85 bits per heavy atom. The van der Waals surface area contributed by atoms with E-state index in [1.807, 2.05) is 52.9 Å². The summed E-state index contributed by atoms with van der Waals surface area (Å²) in [6, 6.07) is 10.2. The Hall–Kier alpha value is -2.82. The van der Waals surface area contributed by atoms with Crippen LogP contribution in [0.2, 0.25) is 0 Å².